The quantitative estimate of drug-likeness (QED) is 0.665. The lowest BCUT2D eigenvalue weighted by Gasteiger charge is -2.18. The lowest BCUT2D eigenvalue weighted by Crippen LogP contribution is -2.28. The molecule has 29 heavy (non-hydrogen) atoms. The fourth-order valence-electron chi connectivity index (χ4n) is 3.42. The van der Waals surface area contributed by atoms with Gasteiger partial charge in [-0.3, -0.25) is 9.52 Å². The Morgan fingerprint density at radius 1 is 1.17 bits per heavy atom. The van der Waals surface area contributed by atoms with E-state index in [0.29, 0.717) is 22.9 Å². The summed E-state index contributed by atoms with van der Waals surface area (Å²) in [5.41, 5.74) is 2.92. The summed E-state index contributed by atoms with van der Waals surface area (Å²) in [6, 6.07) is 13.7. The Hall–Kier alpha value is -2.84. The molecule has 150 valence electrons. The van der Waals surface area contributed by atoms with Crippen molar-refractivity contribution in [2.24, 2.45) is 0 Å². The van der Waals surface area contributed by atoms with Crippen LogP contribution in [-0.2, 0) is 16.4 Å². The second-order valence-electron chi connectivity index (χ2n) is 6.76. The molecule has 0 bridgehead atoms. The Morgan fingerprint density at radius 3 is 2.69 bits per heavy atom. The van der Waals surface area contributed by atoms with Crippen LogP contribution >= 0.6 is 11.3 Å². The molecule has 1 aromatic heterocycles. The van der Waals surface area contributed by atoms with Gasteiger partial charge in [0.2, 0.25) is 0 Å². The maximum atomic E-state index is 12.8. The summed E-state index contributed by atoms with van der Waals surface area (Å²) < 4.78 is 33.5. The summed E-state index contributed by atoms with van der Waals surface area (Å²) in [4.78, 5) is 15.3. The number of fused-ring (bicyclic) bond motifs is 1. The van der Waals surface area contributed by atoms with Crippen LogP contribution in [0.4, 0.5) is 11.4 Å². The second kappa shape index (κ2) is 7.53. The van der Waals surface area contributed by atoms with Crippen LogP contribution in [0.25, 0.3) is 0 Å². The summed E-state index contributed by atoms with van der Waals surface area (Å²) in [7, 11) is -2.22. The molecule has 1 aliphatic rings. The molecule has 3 aromatic rings. The number of methoxy groups -OCH3 is 1. The van der Waals surface area contributed by atoms with E-state index in [4.69, 9.17) is 4.74 Å². The number of nitrogens with zero attached hydrogens (tertiary/aromatic N) is 1. The highest BCUT2D eigenvalue weighted by atomic mass is 32.2. The number of thiophene rings is 1. The van der Waals surface area contributed by atoms with Crippen molar-refractivity contribution in [3.63, 3.8) is 0 Å². The van der Waals surface area contributed by atoms with E-state index in [9.17, 15) is 13.2 Å². The number of carbonyl (C=O) groups is 1. The van der Waals surface area contributed by atoms with Gasteiger partial charge in [0.15, 0.2) is 0 Å². The number of benzene rings is 2. The number of carbonyl (C=O) groups excluding carboxylic acids is 1. The second-order valence-corrected chi connectivity index (χ2v) is 9.39. The number of nitrogens with one attached hydrogen (secondary N) is 1. The Kier molecular flexibility index (Phi) is 5.06. The van der Waals surface area contributed by atoms with E-state index in [1.807, 2.05) is 17.5 Å². The van der Waals surface area contributed by atoms with Crippen molar-refractivity contribution in [2.75, 3.05) is 23.3 Å². The summed E-state index contributed by atoms with van der Waals surface area (Å²) in [5.74, 6) is 0.564. The molecule has 0 atom stereocenters. The molecule has 2 aromatic carbocycles. The Balaban J connectivity index is 1.61. The molecule has 8 heteroatoms. The number of sulfonamides is 1. The monoisotopic (exact) mass is 428 g/mol. The van der Waals surface area contributed by atoms with Gasteiger partial charge in [-0.15, -0.1) is 11.3 Å². The molecule has 0 saturated carbocycles. The normalized spacial score (nSPS) is 13.2. The Labute approximate surface area is 173 Å². The van der Waals surface area contributed by atoms with Crippen LogP contribution in [0.15, 0.2) is 58.8 Å². The molecule has 0 saturated heterocycles. The van der Waals surface area contributed by atoms with Crippen molar-refractivity contribution >= 4 is 38.6 Å². The van der Waals surface area contributed by atoms with Gasteiger partial charge in [-0.2, -0.15) is 0 Å². The van der Waals surface area contributed by atoms with Gasteiger partial charge >= 0.3 is 0 Å². The third kappa shape index (κ3) is 3.73. The molecular formula is C21H20N2O4S2. The van der Waals surface area contributed by atoms with Gasteiger partial charge in [0.1, 0.15) is 5.75 Å². The van der Waals surface area contributed by atoms with E-state index < -0.39 is 10.0 Å². The molecule has 0 unspecified atom stereocenters. The van der Waals surface area contributed by atoms with E-state index >= 15 is 0 Å². The number of ether oxygens (including phenoxy) is 1. The molecular weight excluding hydrogens is 408 g/mol. The summed E-state index contributed by atoms with van der Waals surface area (Å²) in [5, 5.41) is 1.87. The zero-order valence-electron chi connectivity index (χ0n) is 16.0. The number of amides is 1. The molecule has 0 fully saturated rings. The van der Waals surface area contributed by atoms with Crippen LogP contribution in [-0.4, -0.2) is 28.0 Å². The predicted octanol–water partition coefficient (Wildman–Crippen LogP) is 4.07. The van der Waals surface area contributed by atoms with Crippen LogP contribution in [0, 0.1) is 6.92 Å². The van der Waals surface area contributed by atoms with Crippen LogP contribution in [0.5, 0.6) is 5.75 Å². The third-order valence-electron chi connectivity index (χ3n) is 4.89. The maximum Gasteiger partial charge on any atom is 0.268 e. The lowest BCUT2D eigenvalue weighted by atomic mass is 10.1. The zero-order valence-corrected chi connectivity index (χ0v) is 17.6. The number of rotatable bonds is 5. The first kappa shape index (κ1) is 19.5. The maximum absolute atomic E-state index is 12.8. The molecule has 0 aliphatic carbocycles. The predicted molar refractivity (Wildman–Crippen MR) is 115 cm³/mol. The Bertz CT molecular complexity index is 1170. The highest BCUT2D eigenvalue weighted by Crippen LogP contribution is 2.33. The van der Waals surface area contributed by atoms with Crippen LogP contribution in [0.2, 0.25) is 0 Å². The van der Waals surface area contributed by atoms with E-state index in [0.717, 1.165) is 23.2 Å². The fraction of sp³-hybridized carbons (Fsp3) is 0.190. The van der Waals surface area contributed by atoms with Crippen molar-refractivity contribution in [1.82, 2.24) is 0 Å². The number of hydrogen-bond donors (Lipinski definition) is 1. The van der Waals surface area contributed by atoms with E-state index in [-0.39, 0.29) is 10.8 Å². The number of aryl methyl sites for hydroxylation is 1. The molecule has 0 radical (unpaired) electrons. The smallest absolute Gasteiger partial charge is 0.268 e. The minimum absolute atomic E-state index is 0.0652. The van der Waals surface area contributed by atoms with Crippen LogP contribution in [0.3, 0.4) is 0 Å². The van der Waals surface area contributed by atoms with E-state index in [1.54, 1.807) is 49.3 Å². The first-order chi connectivity index (χ1) is 13.9. The van der Waals surface area contributed by atoms with Gasteiger partial charge < -0.3 is 9.64 Å². The number of hydrogen-bond acceptors (Lipinski definition) is 5. The molecule has 1 aliphatic heterocycles. The summed E-state index contributed by atoms with van der Waals surface area (Å²) >= 11 is 1.40. The lowest BCUT2D eigenvalue weighted by molar-refractivity contribution is 0.0993. The standard InChI is InChI=1S/C21H20N2O4S2/c1-14-12-17(7-8-19(14)27-2)29(25,26)22-16-6-5-15-9-10-23(18(15)13-16)21(24)20-4-3-11-28-20/h3-8,11-13,22H,9-10H2,1-2H3. The molecule has 4 rings (SSSR count). The van der Waals surface area contributed by atoms with Crippen LogP contribution < -0.4 is 14.4 Å². The molecule has 1 N–H and O–H groups in total. The third-order valence-corrected chi connectivity index (χ3v) is 7.12. The first-order valence-corrected chi connectivity index (χ1v) is 11.4. The van der Waals surface area contributed by atoms with Gasteiger partial charge in [0.25, 0.3) is 15.9 Å². The fourth-order valence-corrected chi connectivity index (χ4v) is 5.23. The summed E-state index contributed by atoms with van der Waals surface area (Å²) in [6.45, 7) is 2.38. The molecule has 1 amide bonds. The zero-order chi connectivity index (χ0) is 20.6. The number of anilines is 2. The van der Waals surface area contributed by atoms with Crippen molar-refractivity contribution < 1.29 is 17.9 Å². The SMILES string of the molecule is COc1ccc(S(=O)(=O)Nc2ccc3c(c2)N(C(=O)c2cccs2)CC3)cc1C. The average molecular weight is 429 g/mol. The van der Waals surface area contributed by atoms with Gasteiger partial charge in [-0.25, -0.2) is 8.42 Å². The van der Waals surface area contributed by atoms with Gasteiger partial charge in [-0.05, 0) is 66.2 Å². The first-order valence-electron chi connectivity index (χ1n) is 9.05. The minimum atomic E-state index is -3.77. The Morgan fingerprint density at radius 2 is 2.00 bits per heavy atom. The van der Waals surface area contributed by atoms with Crippen molar-refractivity contribution in [3.8, 4) is 5.75 Å². The van der Waals surface area contributed by atoms with Crippen molar-refractivity contribution in [2.45, 2.75) is 18.2 Å². The molecule has 6 nitrogen and oxygen atoms in total. The largest absolute Gasteiger partial charge is 0.496 e. The highest BCUT2D eigenvalue weighted by Gasteiger charge is 2.27. The van der Waals surface area contributed by atoms with Crippen molar-refractivity contribution in [1.29, 1.82) is 0 Å². The van der Waals surface area contributed by atoms with Gasteiger partial charge in [-0.1, -0.05) is 12.1 Å². The molecule has 0 spiro atoms. The van der Waals surface area contributed by atoms with E-state index in [1.165, 1.54) is 17.4 Å². The average Bonchev–Trinajstić information content (AvgIpc) is 3.37. The van der Waals surface area contributed by atoms with Gasteiger partial charge in [0, 0.05) is 12.2 Å². The van der Waals surface area contributed by atoms with Crippen molar-refractivity contribution in [3.05, 3.63) is 69.9 Å². The van der Waals surface area contributed by atoms with Crippen LogP contribution in [0.1, 0.15) is 20.8 Å². The highest BCUT2D eigenvalue weighted by molar-refractivity contribution is 7.92. The molecule has 2 heterocycles. The van der Waals surface area contributed by atoms with E-state index in [2.05, 4.69) is 4.72 Å². The topological polar surface area (TPSA) is 75.7 Å². The van der Waals surface area contributed by atoms with Gasteiger partial charge in [0.05, 0.1) is 22.6 Å². The summed E-state index contributed by atoms with van der Waals surface area (Å²) in [6.07, 6.45) is 0.747. The minimum Gasteiger partial charge on any atom is -0.496 e.